The van der Waals surface area contributed by atoms with Crippen LogP contribution in [-0.4, -0.2) is 102 Å². The molecule has 17 nitrogen and oxygen atoms in total. The van der Waals surface area contributed by atoms with Crippen molar-refractivity contribution in [1.29, 1.82) is 0 Å². The maximum absolute atomic E-state index is 14.0. The number of ether oxygens (including phenoxy) is 5. The molecule has 5 atom stereocenters. The number of unbranched alkanes of at least 4 members (excludes halogenated alkanes) is 2. The van der Waals surface area contributed by atoms with Gasteiger partial charge < -0.3 is 44.1 Å². The standard InChI is InChI=1S/C45H57BN4O13S2/c1-26-14-29(23-51)32(16-26)43(53)34-18-38(59-5)40(20-36(34)48-45(55)63-25-28(3)64-65-42-11-10-31(22-47-42)50(57)58)61-12-8-7-9-13-62-41-21-37(49-46(4)56)35(19-39(41)60-6)44(54)33-17-27(2)15-30(33)24-52/h10-11,18-22,28-30,32-33,49,51-52,56H,1-2,7-9,12-17,23-25H2,3-6H3,(H,48,55)/t28-,29+,30+,32?,33?/m1/s1. The Bertz CT molecular complexity index is 2200. The minimum atomic E-state index is -0.961. The van der Waals surface area contributed by atoms with Crippen LogP contribution < -0.4 is 29.5 Å². The molecule has 5 N–H and O–H groups in total. The summed E-state index contributed by atoms with van der Waals surface area (Å²) in [7, 11) is 4.61. The van der Waals surface area contributed by atoms with Crippen molar-refractivity contribution in [3.05, 3.63) is 88.1 Å². The lowest BCUT2D eigenvalue weighted by Gasteiger charge is -2.21. The molecular formula is C45H57BN4O13S2. The number of pyridine rings is 1. The minimum absolute atomic E-state index is 0.00126. The highest BCUT2D eigenvalue weighted by Gasteiger charge is 2.38. The lowest BCUT2D eigenvalue weighted by molar-refractivity contribution is -0.385. The van der Waals surface area contributed by atoms with E-state index >= 15 is 0 Å². The van der Waals surface area contributed by atoms with Gasteiger partial charge in [0.2, 0.25) is 0 Å². The highest BCUT2D eigenvalue weighted by atomic mass is 33.1. The summed E-state index contributed by atoms with van der Waals surface area (Å²) in [6, 6.07) is 9.17. The summed E-state index contributed by atoms with van der Waals surface area (Å²) in [5.74, 6) is -0.727. The molecule has 2 aliphatic carbocycles. The number of aliphatic hydroxyl groups is 2. The summed E-state index contributed by atoms with van der Waals surface area (Å²) < 4.78 is 29.0. The van der Waals surface area contributed by atoms with Gasteiger partial charge in [0.25, 0.3) is 5.69 Å². The molecule has 2 fully saturated rings. The fourth-order valence-corrected chi connectivity index (χ4v) is 9.69. The molecule has 2 aromatic carbocycles. The molecular weight excluding hydrogens is 879 g/mol. The van der Waals surface area contributed by atoms with Gasteiger partial charge in [0, 0.05) is 65.3 Å². The molecule has 2 unspecified atom stereocenters. The second-order valence-electron chi connectivity index (χ2n) is 16.1. The molecule has 0 bridgehead atoms. The number of aliphatic hydroxyl groups excluding tert-OH is 2. The number of nitrogens with one attached hydrogen (secondary N) is 2. The normalized spacial score (nSPS) is 18.4. The molecule has 0 spiro atoms. The van der Waals surface area contributed by atoms with Crippen LogP contribution in [0.5, 0.6) is 23.0 Å². The number of benzene rings is 2. The van der Waals surface area contributed by atoms with Gasteiger partial charge >= 0.3 is 13.1 Å². The van der Waals surface area contributed by atoms with Gasteiger partial charge in [0.1, 0.15) is 17.8 Å². The number of ketones is 2. The zero-order valence-corrected chi connectivity index (χ0v) is 38.7. The summed E-state index contributed by atoms with van der Waals surface area (Å²) in [4.78, 5) is 55.5. The number of nitrogens with zero attached hydrogens (tertiary/aromatic N) is 2. The first-order chi connectivity index (χ1) is 31.1. The number of amides is 1. The number of carbonyl (C=O) groups is 3. The first-order valence-electron chi connectivity index (χ1n) is 21.3. The zero-order valence-electron chi connectivity index (χ0n) is 37.0. The molecule has 5 rings (SSSR count). The lowest BCUT2D eigenvalue weighted by Crippen LogP contribution is -2.25. The van der Waals surface area contributed by atoms with Gasteiger partial charge in [0.05, 0.1) is 38.0 Å². The Morgan fingerprint density at radius 2 is 1.40 bits per heavy atom. The molecule has 20 heteroatoms. The van der Waals surface area contributed by atoms with Gasteiger partial charge in [-0.15, -0.1) is 0 Å². The van der Waals surface area contributed by atoms with Crippen molar-refractivity contribution in [3.63, 3.8) is 0 Å². The van der Waals surface area contributed by atoms with E-state index in [1.165, 1.54) is 66.3 Å². The van der Waals surface area contributed by atoms with Gasteiger partial charge in [-0.25, -0.2) is 9.78 Å². The van der Waals surface area contributed by atoms with E-state index in [1.807, 2.05) is 6.92 Å². The van der Waals surface area contributed by atoms with Crippen molar-refractivity contribution in [3.8, 4) is 23.0 Å². The number of hydrogen-bond donors (Lipinski definition) is 5. The number of methoxy groups -OCH3 is 2. The van der Waals surface area contributed by atoms with Crippen molar-refractivity contribution in [2.24, 2.45) is 23.7 Å². The monoisotopic (exact) mass is 936 g/mol. The molecule has 1 aromatic heterocycles. The highest BCUT2D eigenvalue weighted by molar-refractivity contribution is 8.76. The van der Waals surface area contributed by atoms with Crippen molar-refractivity contribution in [2.75, 3.05) is 57.8 Å². The van der Waals surface area contributed by atoms with E-state index in [0.717, 1.165) is 11.1 Å². The third-order valence-corrected chi connectivity index (χ3v) is 13.9. The summed E-state index contributed by atoms with van der Waals surface area (Å²) in [6.45, 7) is 11.7. The van der Waals surface area contributed by atoms with Crippen molar-refractivity contribution < 1.29 is 58.2 Å². The van der Waals surface area contributed by atoms with Crippen molar-refractivity contribution >= 4 is 63.4 Å². The molecule has 350 valence electrons. The van der Waals surface area contributed by atoms with Gasteiger partial charge in [-0.1, -0.05) is 35.1 Å². The Balaban J connectivity index is 1.20. The van der Waals surface area contributed by atoms with Gasteiger partial charge in [-0.2, -0.15) is 0 Å². The largest absolute Gasteiger partial charge is 0.493 e. The maximum Gasteiger partial charge on any atom is 0.411 e. The molecule has 3 aromatic rings. The van der Waals surface area contributed by atoms with Crippen LogP contribution in [0.1, 0.15) is 72.6 Å². The Morgan fingerprint density at radius 3 is 1.88 bits per heavy atom. The Hall–Kier alpha value is -5.28. The van der Waals surface area contributed by atoms with Crippen molar-refractivity contribution in [2.45, 2.75) is 69.0 Å². The average Bonchev–Trinajstić information content (AvgIpc) is 3.87. The molecule has 0 radical (unpaired) electrons. The van der Waals surface area contributed by atoms with Gasteiger partial charge in [-0.3, -0.25) is 25.0 Å². The molecule has 0 saturated heterocycles. The average molecular weight is 937 g/mol. The van der Waals surface area contributed by atoms with E-state index in [-0.39, 0.29) is 83.5 Å². The fraction of sp³-hybridized carbons (Fsp3) is 0.467. The lowest BCUT2D eigenvalue weighted by atomic mass is 9.84. The number of Topliss-reactive ketones (excluding diaryl/α,β-unsaturated/α-hetero) is 2. The zero-order chi connectivity index (χ0) is 47.2. The Labute approximate surface area is 386 Å². The minimum Gasteiger partial charge on any atom is -0.493 e. The second kappa shape index (κ2) is 24.3. The highest BCUT2D eigenvalue weighted by Crippen LogP contribution is 2.43. The first-order valence-corrected chi connectivity index (χ1v) is 23.5. The predicted octanol–water partition coefficient (Wildman–Crippen LogP) is 8.05. The van der Waals surface area contributed by atoms with Crippen LogP contribution in [0, 0.1) is 33.8 Å². The SMILES string of the molecule is C=C1CC(C(=O)c2cc(OC)c(OCCCCCOc3cc(NC(=O)OC[C@@H](C)SSc4ccc([N+](=O)[O-])cn4)c(C(=O)C4CC(=C)C[C@H]4CO)cc3OC)cc2NB(C)O)[C@H](CO)C1. The van der Waals surface area contributed by atoms with E-state index in [2.05, 4.69) is 28.7 Å². The summed E-state index contributed by atoms with van der Waals surface area (Å²) in [5, 5.41) is 47.1. The van der Waals surface area contributed by atoms with Crippen molar-refractivity contribution in [1.82, 2.24) is 4.98 Å². The quantitative estimate of drug-likeness (QED) is 0.0103. The molecule has 2 aliphatic rings. The molecule has 65 heavy (non-hydrogen) atoms. The number of carbonyl (C=O) groups excluding carboxylic acids is 3. The van der Waals surface area contributed by atoms with Gasteiger partial charge in [0.15, 0.2) is 34.6 Å². The number of rotatable bonds is 25. The van der Waals surface area contributed by atoms with Gasteiger partial charge in [-0.05, 0) is 99.5 Å². The van der Waals surface area contributed by atoms with Crippen LogP contribution >= 0.6 is 21.6 Å². The van der Waals surface area contributed by atoms with Crippen LogP contribution in [0.25, 0.3) is 0 Å². The smallest absolute Gasteiger partial charge is 0.411 e. The number of allylic oxidation sites excluding steroid dienone is 2. The van der Waals surface area contributed by atoms with Crippen LogP contribution in [0.4, 0.5) is 21.9 Å². The fourth-order valence-electron chi connectivity index (χ4n) is 7.84. The topological polar surface area (TPSA) is 238 Å². The molecule has 1 heterocycles. The summed E-state index contributed by atoms with van der Waals surface area (Å²) >= 11 is 0. The third-order valence-electron chi connectivity index (χ3n) is 11.1. The number of nitro groups is 1. The van der Waals surface area contributed by atoms with Crippen LogP contribution in [0.2, 0.25) is 6.82 Å². The Morgan fingerprint density at radius 1 is 0.862 bits per heavy atom. The summed E-state index contributed by atoms with van der Waals surface area (Å²) in [5.41, 5.74) is 2.68. The number of aromatic nitrogens is 1. The van der Waals surface area contributed by atoms with Crippen LogP contribution in [0.15, 0.2) is 71.9 Å². The third kappa shape index (κ3) is 13.9. The maximum atomic E-state index is 14.0. The summed E-state index contributed by atoms with van der Waals surface area (Å²) in [6.07, 6.45) is 4.23. The Kier molecular flexibility index (Phi) is 19.0. The van der Waals surface area contributed by atoms with E-state index in [1.54, 1.807) is 19.0 Å². The van der Waals surface area contributed by atoms with Crippen LogP contribution in [0.3, 0.4) is 0 Å². The van der Waals surface area contributed by atoms with E-state index in [4.69, 9.17) is 23.7 Å². The molecule has 2 saturated carbocycles. The molecule has 0 aliphatic heterocycles. The van der Waals surface area contributed by atoms with E-state index < -0.39 is 29.9 Å². The molecule has 1 amide bonds. The number of anilines is 2. The first kappa shape index (κ1) is 50.7. The second-order valence-corrected chi connectivity index (χ2v) is 18.8. The predicted molar refractivity (Wildman–Crippen MR) is 251 cm³/mol. The number of hydrogen-bond acceptors (Lipinski definition) is 17. The van der Waals surface area contributed by atoms with E-state index in [9.17, 15) is 39.7 Å². The van der Waals surface area contributed by atoms with Crippen LogP contribution in [-0.2, 0) is 4.74 Å². The van der Waals surface area contributed by atoms with E-state index in [0.29, 0.717) is 79.3 Å².